The van der Waals surface area contributed by atoms with E-state index >= 15 is 0 Å². The number of amides is 2. The fourth-order valence-electron chi connectivity index (χ4n) is 2.53. The molecule has 0 aliphatic rings. The van der Waals surface area contributed by atoms with Gasteiger partial charge in [0.15, 0.2) is 0 Å². The molecule has 0 aliphatic carbocycles. The number of nitrogens with two attached hydrogens (primary N) is 1. The molecule has 0 radical (unpaired) electrons. The molecule has 2 amide bonds. The zero-order valence-electron chi connectivity index (χ0n) is 13.3. The number of aromatic nitrogens is 1. The summed E-state index contributed by atoms with van der Waals surface area (Å²) in [5.74, 6) is -1.46. The Balaban J connectivity index is 1.83. The average molecular weight is 337 g/mol. The predicted molar refractivity (Wildman–Crippen MR) is 93.0 cm³/mol. The number of hydrogen-bond acceptors (Lipinski definition) is 2. The van der Waals surface area contributed by atoms with Crippen LogP contribution in [0.25, 0.3) is 5.69 Å². The van der Waals surface area contributed by atoms with Crippen molar-refractivity contribution in [2.75, 3.05) is 5.32 Å². The van der Waals surface area contributed by atoms with Gasteiger partial charge in [0.05, 0.1) is 12.1 Å². The van der Waals surface area contributed by atoms with Crippen molar-refractivity contribution < 1.29 is 14.0 Å². The molecule has 0 saturated carbocycles. The lowest BCUT2D eigenvalue weighted by atomic mass is 10.1. The molecule has 0 spiro atoms. The first-order valence-corrected chi connectivity index (χ1v) is 7.65. The van der Waals surface area contributed by atoms with E-state index in [0.717, 1.165) is 0 Å². The summed E-state index contributed by atoms with van der Waals surface area (Å²) in [4.78, 5) is 23.5. The number of nitrogens with one attached hydrogen (secondary N) is 1. The second-order valence-corrected chi connectivity index (χ2v) is 5.51. The highest BCUT2D eigenvalue weighted by Crippen LogP contribution is 2.19. The van der Waals surface area contributed by atoms with Gasteiger partial charge in [0, 0.05) is 23.6 Å². The summed E-state index contributed by atoms with van der Waals surface area (Å²) >= 11 is 0. The molecule has 1 aromatic heterocycles. The Morgan fingerprint density at radius 3 is 2.44 bits per heavy atom. The molecule has 0 fully saturated rings. The number of halogens is 1. The SMILES string of the molecule is NC(=O)Cc1ccccc1NC(=O)c1ccc(-n2cccc2)c(F)c1. The Morgan fingerprint density at radius 1 is 1.04 bits per heavy atom. The van der Waals surface area contributed by atoms with Gasteiger partial charge in [0.2, 0.25) is 5.91 Å². The van der Waals surface area contributed by atoms with Gasteiger partial charge >= 0.3 is 0 Å². The van der Waals surface area contributed by atoms with Gasteiger partial charge in [0.1, 0.15) is 5.82 Å². The molecule has 6 heteroatoms. The van der Waals surface area contributed by atoms with Crippen molar-refractivity contribution in [3.05, 3.63) is 83.9 Å². The normalized spacial score (nSPS) is 10.4. The third-order valence-electron chi connectivity index (χ3n) is 3.72. The molecule has 126 valence electrons. The van der Waals surface area contributed by atoms with Gasteiger partial charge in [-0.2, -0.15) is 0 Å². The Labute approximate surface area is 143 Å². The average Bonchev–Trinajstić information content (AvgIpc) is 3.10. The number of hydrogen-bond donors (Lipinski definition) is 2. The van der Waals surface area contributed by atoms with Crippen LogP contribution < -0.4 is 11.1 Å². The van der Waals surface area contributed by atoms with Crippen LogP contribution in [0.1, 0.15) is 15.9 Å². The van der Waals surface area contributed by atoms with Crippen LogP contribution in [-0.2, 0) is 11.2 Å². The minimum atomic E-state index is -0.505. The summed E-state index contributed by atoms with van der Waals surface area (Å²) in [6.07, 6.45) is 3.45. The molecule has 0 saturated heterocycles. The number of nitrogens with zero attached hydrogens (tertiary/aromatic N) is 1. The zero-order chi connectivity index (χ0) is 17.8. The number of benzene rings is 2. The Bertz CT molecular complexity index is 920. The van der Waals surface area contributed by atoms with Crippen LogP contribution in [0.15, 0.2) is 67.0 Å². The van der Waals surface area contributed by atoms with Crippen molar-refractivity contribution in [1.29, 1.82) is 0 Å². The molecule has 0 atom stereocenters. The number of carbonyl (C=O) groups excluding carboxylic acids is 2. The van der Waals surface area contributed by atoms with E-state index in [1.165, 1.54) is 6.07 Å². The summed E-state index contributed by atoms with van der Waals surface area (Å²) in [6, 6.07) is 14.7. The van der Waals surface area contributed by atoms with Gasteiger partial charge in [-0.05, 0) is 42.0 Å². The molecule has 2 aromatic carbocycles. The van der Waals surface area contributed by atoms with Crippen LogP contribution in [0, 0.1) is 5.82 Å². The lowest BCUT2D eigenvalue weighted by molar-refractivity contribution is -0.117. The van der Waals surface area contributed by atoms with E-state index in [9.17, 15) is 14.0 Å². The maximum atomic E-state index is 14.3. The van der Waals surface area contributed by atoms with Crippen molar-refractivity contribution in [3.8, 4) is 5.69 Å². The largest absolute Gasteiger partial charge is 0.369 e. The van der Waals surface area contributed by atoms with Gasteiger partial charge < -0.3 is 15.6 Å². The lowest BCUT2D eigenvalue weighted by Gasteiger charge is -2.11. The van der Waals surface area contributed by atoms with Gasteiger partial charge in [-0.25, -0.2) is 4.39 Å². The Kier molecular flexibility index (Phi) is 4.61. The third kappa shape index (κ3) is 3.74. The number of primary amides is 1. The van der Waals surface area contributed by atoms with Crippen molar-refractivity contribution >= 4 is 17.5 Å². The van der Waals surface area contributed by atoms with Crippen LogP contribution in [0.2, 0.25) is 0 Å². The standard InChI is InChI=1S/C19H16FN3O2/c20-15-11-14(7-8-17(15)23-9-3-4-10-23)19(25)22-16-6-2-1-5-13(16)12-18(21)24/h1-11H,12H2,(H2,21,24)(H,22,25). The second-order valence-electron chi connectivity index (χ2n) is 5.51. The lowest BCUT2D eigenvalue weighted by Crippen LogP contribution is -2.17. The predicted octanol–water partition coefficient (Wildman–Crippen LogP) is 2.90. The summed E-state index contributed by atoms with van der Waals surface area (Å²) in [5, 5.41) is 2.69. The van der Waals surface area contributed by atoms with E-state index in [2.05, 4.69) is 5.32 Å². The molecule has 0 bridgehead atoms. The summed E-state index contributed by atoms with van der Waals surface area (Å²) < 4.78 is 15.9. The van der Waals surface area contributed by atoms with E-state index in [0.29, 0.717) is 16.9 Å². The van der Waals surface area contributed by atoms with Crippen molar-refractivity contribution in [2.45, 2.75) is 6.42 Å². The van der Waals surface area contributed by atoms with Gasteiger partial charge in [-0.3, -0.25) is 9.59 Å². The quantitative estimate of drug-likeness (QED) is 0.751. The molecule has 5 nitrogen and oxygen atoms in total. The first kappa shape index (κ1) is 16.4. The number of para-hydroxylation sites is 1. The fourth-order valence-corrected chi connectivity index (χ4v) is 2.53. The van der Waals surface area contributed by atoms with E-state index < -0.39 is 17.6 Å². The summed E-state index contributed by atoms with van der Waals surface area (Å²) in [5.41, 5.74) is 6.83. The van der Waals surface area contributed by atoms with Crippen molar-refractivity contribution in [3.63, 3.8) is 0 Å². The topological polar surface area (TPSA) is 77.1 Å². The maximum absolute atomic E-state index is 14.3. The smallest absolute Gasteiger partial charge is 0.255 e. The first-order valence-electron chi connectivity index (χ1n) is 7.65. The maximum Gasteiger partial charge on any atom is 0.255 e. The van der Waals surface area contributed by atoms with E-state index in [4.69, 9.17) is 5.73 Å². The highest BCUT2D eigenvalue weighted by atomic mass is 19.1. The van der Waals surface area contributed by atoms with Crippen molar-refractivity contribution in [2.24, 2.45) is 5.73 Å². The summed E-state index contributed by atoms with van der Waals surface area (Å²) in [7, 11) is 0. The molecule has 0 unspecified atom stereocenters. The van der Waals surface area contributed by atoms with Crippen LogP contribution in [0.3, 0.4) is 0 Å². The molecular weight excluding hydrogens is 321 g/mol. The second kappa shape index (κ2) is 7.00. The van der Waals surface area contributed by atoms with E-state index in [1.54, 1.807) is 65.5 Å². The van der Waals surface area contributed by atoms with Crippen LogP contribution in [-0.4, -0.2) is 16.4 Å². The van der Waals surface area contributed by atoms with E-state index in [-0.39, 0.29) is 12.0 Å². The molecule has 3 aromatic rings. The Hall–Kier alpha value is -3.41. The molecular formula is C19H16FN3O2. The molecule has 1 heterocycles. The molecule has 3 N–H and O–H groups in total. The third-order valence-corrected chi connectivity index (χ3v) is 3.72. The van der Waals surface area contributed by atoms with Gasteiger partial charge in [0.25, 0.3) is 5.91 Å². The summed E-state index contributed by atoms with van der Waals surface area (Å²) in [6.45, 7) is 0. The van der Waals surface area contributed by atoms with Crippen LogP contribution in [0.4, 0.5) is 10.1 Å². The highest BCUT2D eigenvalue weighted by Gasteiger charge is 2.13. The van der Waals surface area contributed by atoms with Crippen LogP contribution in [0.5, 0.6) is 0 Å². The molecule has 0 aliphatic heterocycles. The van der Waals surface area contributed by atoms with Gasteiger partial charge in [-0.15, -0.1) is 0 Å². The van der Waals surface area contributed by atoms with Gasteiger partial charge in [-0.1, -0.05) is 18.2 Å². The fraction of sp³-hybridized carbons (Fsp3) is 0.0526. The van der Waals surface area contributed by atoms with E-state index in [1.807, 2.05) is 0 Å². The number of rotatable bonds is 5. The number of carbonyl (C=O) groups is 2. The highest BCUT2D eigenvalue weighted by molar-refractivity contribution is 6.05. The minimum Gasteiger partial charge on any atom is -0.369 e. The minimum absolute atomic E-state index is 0.0113. The monoisotopic (exact) mass is 337 g/mol. The Morgan fingerprint density at radius 2 is 1.76 bits per heavy atom. The van der Waals surface area contributed by atoms with Crippen LogP contribution >= 0.6 is 0 Å². The van der Waals surface area contributed by atoms with Crippen molar-refractivity contribution in [1.82, 2.24) is 4.57 Å². The molecule has 3 rings (SSSR count). The first-order chi connectivity index (χ1) is 12.0. The molecule has 25 heavy (non-hydrogen) atoms. The zero-order valence-corrected chi connectivity index (χ0v) is 13.3. The number of anilines is 1.